The lowest BCUT2D eigenvalue weighted by molar-refractivity contribution is 0.0698. The third kappa shape index (κ3) is 2.42. The second-order valence-electron chi connectivity index (χ2n) is 4.25. The van der Waals surface area contributed by atoms with Gasteiger partial charge in [0.15, 0.2) is 0 Å². The number of carbonyl (C=O) groups is 1. The van der Waals surface area contributed by atoms with Crippen LogP contribution in [0.25, 0.3) is 0 Å². The van der Waals surface area contributed by atoms with Crippen molar-refractivity contribution >= 4 is 5.91 Å². The Kier molecular flexibility index (Phi) is 3.57. The summed E-state index contributed by atoms with van der Waals surface area (Å²) in [5, 5.41) is 3.25. The normalized spacial score (nSPS) is 20.8. The second kappa shape index (κ2) is 5.12. The smallest absolute Gasteiger partial charge is 0.253 e. The van der Waals surface area contributed by atoms with Gasteiger partial charge >= 0.3 is 0 Å². The molecule has 1 atom stereocenters. The van der Waals surface area contributed by atoms with E-state index in [9.17, 15) is 4.79 Å². The molecule has 3 heteroatoms. The molecule has 1 fully saturated rings. The average molecular weight is 218 g/mol. The van der Waals surface area contributed by atoms with Crippen molar-refractivity contribution in [3.8, 4) is 0 Å². The van der Waals surface area contributed by atoms with Crippen molar-refractivity contribution in [2.75, 3.05) is 20.1 Å². The predicted octanol–water partition coefficient (Wildman–Crippen LogP) is 1.51. The topological polar surface area (TPSA) is 32.3 Å². The molecule has 1 aromatic carbocycles. The molecule has 2 rings (SSSR count). The zero-order valence-electron chi connectivity index (χ0n) is 9.65. The van der Waals surface area contributed by atoms with E-state index in [1.165, 1.54) is 0 Å². The van der Waals surface area contributed by atoms with Gasteiger partial charge in [-0.1, -0.05) is 18.2 Å². The highest BCUT2D eigenvalue weighted by Crippen LogP contribution is 2.13. The van der Waals surface area contributed by atoms with Gasteiger partial charge in [0, 0.05) is 24.7 Å². The van der Waals surface area contributed by atoms with E-state index in [2.05, 4.69) is 5.32 Å². The Morgan fingerprint density at radius 2 is 2.12 bits per heavy atom. The van der Waals surface area contributed by atoms with E-state index in [1.54, 1.807) is 0 Å². The maximum absolute atomic E-state index is 12.2. The van der Waals surface area contributed by atoms with Crippen LogP contribution in [0.2, 0.25) is 0 Å². The summed E-state index contributed by atoms with van der Waals surface area (Å²) in [7, 11) is 1.96. The fourth-order valence-corrected chi connectivity index (χ4v) is 2.16. The second-order valence-corrected chi connectivity index (χ2v) is 4.25. The van der Waals surface area contributed by atoms with Crippen LogP contribution in [0.3, 0.4) is 0 Å². The highest BCUT2D eigenvalue weighted by molar-refractivity contribution is 5.94. The summed E-state index contributed by atoms with van der Waals surface area (Å²) < 4.78 is 0. The molecule has 1 saturated heterocycles. The van der Waals surface area contributed by atoms with Crippen molar-refractivity contribution in [3.05, 3.63) is 35.9 Å². The van der Waals surface area contributed by atoms with Crippen LogP contribution in [0.4, 0.5) is 0 Å². The molecule has 0 aliphatic carbocycles. The lowest BCUT2D eigenvalue weighted by Crippen LogP contribution is -2.46. The van der Waals surface area contributed by atoms with Gasteiger partial charge in [0.1, 0.15) is 0 Å². The van der Waals surface area contributed by atoms with Gasteiger partial charge in [-0.05, 0) is 32.0 Å². The summed E-state index contributed by atoms with van der Waals surface area (Å²) in [6, 6.07) is 9.96. The van der Waals surface area contributed by atoms with Crippen LogP contribution >= 0.6 is 0 Å². The Bertz CT molecular complexity index is 350. The van der Waals surface area contributed by atoms with Gasteiger partial charge in [-0.3, -0.25) is 4.79 Å². The number of hydrogen-bond acceptors (Lipinski definition) is 2. The third-order valence-corrected chi connectivity index (χ3v) is 3.14. The van der Waals surface area contributed by atoms with E-state index in [-0.39, 0.29) is 5.91 Å². The first-order valence-electron chi connectivity index (χ1n) is 5.83. The molecule has 0 saturated carbocycles. The van der Waals surface area contributed by atoms with Crippen LogP contribution in [-0.2, 0) is 0 Å². The molecule has 1 heterocycles. The molecular formula is C13H18N2O. The Balaban J connectivity index is 2.05. The summed E-state index contributed by atoms with van der Waals surface area (Å²) in [5.74, 6) is 0.153. The average Bonchev–Trinajstić information content (AvgIpc) is 2.39. The summed E-state index contributed by atoms with van der Waals surface area (Å²) in [4.78, 5) is 14.1. The predicted molar refractivity (Wildman–Crippen MR) is 64.4 cm³/mol. The van der Waals surface area contributed by atoms with Crippen LogP contribution < -0.4 is 5.32 Å². The number of hydrogen-bond donors (Lipinski definition) is 1. The largest absolute Gasteiger partial charge is 0.337 e. The molecule has 1 unspecified atom stereocenters. The standard InChI is InChI=1S/C13H18N2O/c1-14-12-8-5-9-15(10-12)13(16)11-6-3-2-4-7-11/h2-4,6-7,12,14H,5,8-10H2,1H3. The third-order valence-electron chi connectivity index (χ3n) is 3.14. The molecule has 86 valence electrons. The van der Waals surface area contributed by atoms with E-state index in [0.717, 1.165) is 31.5 Å². The van der Waals surface area contributed by atoms with E-state index in [0.29, 0.717) is 6.04 Å². The summed E-state index contributed by atoms with van der Waals surface area (Å²) in [6.07, 6.45) is 2.25. The monoisotopic (exact) mass is 218 g/mol. The van der Waals surface area contributed by atoms with Gasteiger partial charge < -0.3 is 10.2 Å². The number of amides is 1. The number of carbonyl (C=O) groups excluding carboxylic acids is 1. The van der Waals surface area contributed by atoms with Crippen LogP contribution in [0.1, 0.15) is 23.2 Å². The fourth-order valence-electron chi connectivity index (χ4n) is 2.16. The van der Waals surface area contributed by atoms with Gasteiger partial charge in [-0.15, -0.1) is 0 Å². The molecule has 1 N–H and O–H groups in total. The quantitative estimate of drug-likeness (QED) is 0.816. The highest BCUT2D eigenvalue weighted by atomic mass is 16.2. The van der Waals surface area contributed by atoms with Crippen LogP contribution in [0.5, 0.6) is 0 Å². The van der Waals surface area contributed by atoms with Crippen LogP contribution in [0.15, 0.2) is 30.3 Å². The van der Waals surface area contributed by atoms with Crippen molar-refractivity contribution in [3.63, 3.8) is 0 Å². The van der Waals surface area contributed by atoms with Gasteiger partial charge in [-0.25, -0.2) is 0 Å². The molecule has 0 aromatic heterocycles. The first-order valence-corrected chi connectivity index (χ1v) is 5.83. The first-order chi connectivity index (χ1) is 7.81. The van der Waals surface area contributed by atoms with Crippen LogP contribution in [-0.4, -0.2) is 37.0 Å². The number of likely N-dealkylation sites (N-methyl/N-ethyl adjacent to an activating group) is 1. The fraction of sp³-hybridized carbons (Fsp3) is 0.462. The number of likely N-dealkylation sites (tertiary alicyclic amines) is 1. The van der Waals surface area contributed by atoms with E-state index in [4.69, 9.17) is 0 Å². The minimum Gasteiger partial charge on any atom is -0.337 e. The molecule has 3 nitrogen and oxygen atoms in total. The Labute approximate surface area is 96.5 Å². The zero-order valence-corrected chi connectivity index (χ0v) is 9.65. The minimum absolute atomic E-state index is 0.153. The van der Waals surface area contributed by atoms with E-state index in [1.807, 2.05) is 42.3 Å². The first kappa shape index (κ1) is 11.1. The number of nitrogens with one attached hydrogen (secondary N) is 1. The van der Waals surface area contributed by atoms with Crippen molar-refractivity contribution in [1.82, 2.24) is 10.2 Å². The zero-order chi connectivity index (χ0) is 11.4. The number of rotatable bonds is 2. The number of nitrogens with zero attached hydrogens (tertiary/aromatic N) is 1. The van der Waals surface area contributed by atoms with Crippen molar-refractivity contribution in [1.29, 1.82) is 0 Å². The molecular weight excluding hydrogens is 200 g/mol. The van der Waals surface area contributed by atoms with Gasteiger partial charge in [-0.2, -0.15) is 0 Å². The molecule has 1 aliphatic rings. The molecule has 0 radical (unpaired) electrons. The molecule has 0 spiro atoms. The maximum atomic E-state index is 12.2. The van der Waals surface area contributed by atoms with Gasteiger partial charge in [0.2, 0.25) is 0 Å². The Morgan fingerprint density at radius 1 is 1.38 bits per heavy atom. The summed E-state index contributed by atoms with van der Waals surface area (Å²) in [6.45, 7) is 1.70. The minimum atomic E-state index is 0.153. The Morgan fingerprint density at radius 3 is 2.81 bits per heavy atom. The lowest BCUT2D eigenvalue weighted by atomic mass is 10.0. The molecule has 1 amide bonds. The molecule has 1 aromatic rings. The van der Waals surface area contributed by atoms with Gasteiger partial charge in [0.25, 0.3) is 5.91 Å². The summed E-state index contributed by atoms with van der Waals surface area (Å²) >= 11 is 0. The molecule has 1 aliphatic heterocycles. The van der Waals surface area contributed by atoms with Gasteiger partial charge in [0.05, 0.1) is 0 Å². The molecule has 0 bridgehead atoms. The van der Waals surface area contributed by atoms with Crippen molar-refractivity contribution in [2.24, 2.45) is 0 Å². The molecule has 16 heavy (non-hydrogen) atoms. The highest BCUT2D eigenvalue weighted by Gasteiger charge is 2.22. The van der Waals surface area contributed by atoms with Crippen molar-refractivity contribution in [2.45, 2.75) is 18.9 Å². The van der Waals surface area contributed by atoms with Crippen LogP contribution in [0, 0.1) is 0 Å². The summed E-state index contributed by atoms with van der Waals surface area (Å²) in [5.41, 5.74) is 0.791. The SMILES string of the molecule is CNC1CCCN(C(=O)c2ccccc2)C1. The maximum Gasteiger partial charge on any atom is 0.253 e. The van der Waals surface area contributed by atoms with Crippen molar-refractivity contribution < 1.29 is 4.79 Å². The number of benzene rings is 1. The Hall–Kier alpha value is -1.35. The van der Waals surface area contributed by atoms with E-state index >= 15 is 0 Å². The lowest BCUT2D eigenvalue weighted by Gasteiger charge is -2.32. The number of piperidine rings is 1. The van der Waals surface area contributed by atoms with E-state index < -0.39 is 0 Å².